The van der Waals surface area contributed by atoms with Gasteiger partial charge in [-0.15, -0.1) is 0 Å². The molecule has 0 amide bonds. The molecule has 3 nitrogen and oxygen atoms in total. The zero-order valence-corrected chi connectivity index (χ0v) is 7.78. The second-order valence-corrected chi connectivity index (χ2v) is 3.21. The van der Waals surface area contributed by atoms with Gasteiger partial charge in [-0.2, -0.15) is 0 Å². The van der Waals surface area contributed by atoms with Gasteiger partial charge in [-0.1, -0.05) is 13.8 Å². The summed E-state index contributed by atoms with van der Waals surface area (Å²) in [4.78, 5) is 7.92. The second-order valence-electron chi connectivity index (χ2n) is 3.21. The van der Waals surface area contributed by atoms with Crippen LogP contribution in [-0.2, 0) is 0 Å². The van der Waals surface area contributed by atoms with E-state index in [1.54, 1.807) is 6.33 Å². The maximum Gasteiger partial charge on any atom is 0.115 e. The van der Waals surface area contributed by atoms with Gasteiger partial charge in [0.15, 0.2) is 0 Å². The van der Waals surface area contributed by atoms with Gasteiger partial charge in [-0.25, -0.2) is 9.97 Å². The zero-order valence-electron chi connectivity index (χ0n) is 7.78. The van der Waals surface area contributed by atoms with Crippen molar-refractivity contribution in [1.29, 1.82) is 0 Å². The Morgan fingerprint density at radius 1 is 1.17 bits per heavy atom. The van der Waals surface area contributed by atoms with Crippen molar-refractivity contribution in [2.75, 3.05) is 0 Å². The Balaban J connectivity index is 2.59. The minimum Gasteiger partial charge on any atom is -0.308 e. The van der Waals surface area contributed by atoms with E-state index in [1.165, 1.54) is 0 Å². The lowest BCUT2D eigenvalue weighted by molar-refractivity contribution is 0.504. The zero-order chi connectivity index (χ0) is 8.97. The molecular weight excluding hydrogens is 150 g/mol. The normalized spacial score (nSPS) is 13.3. The highest BCUT2D eigenvalue weighted by Crippen LogP contribution is 2.08. The fourth-order valence-corrected chi connectivity index (χ4v) is 1.13. The van der Waals surface area contributed by atoms with Gasteiger partial charge in [0.05, 0.1) is 0 Å². The summed E-state index contributed by atoms with van der Waals surface area (Å²) < 4.78 is 0. The first-order valence-electron chi connectivity index (χ1n) is 4.21. The molecule has 1 unspecified atom stereocenters. The Bertz CT molecular complexity index is 220. The van der Waals surface area contributed by atoms with Crippen LogP contribution in [0, 0.1) is 0 Å². The summed E-state index contributed by atoms with van der Waals surface area (Å²) in [6.45, 7) is 6.36. The van der Waals surface area contributed by atoms with Gasteiger partial charge >= 0.3 is 0 Å². The molecule has 12 heavy (non-hydrogen) atoms. The summed E-state index contributed by atoms with van der Waals surface area (Å²) >= 11 is 0. The van der Waals surface area contributed by atoms with Crippen molar-refractivity contribution in [3.63, 3.8) is 0 Å². The van der Waals surface area contributed by atoms with Gasteiger partial charge in [0.25, 0.3) is 0 Å². The molecule has 1 rings (SSSR count). The fraction of sp³-hybridized carbons (Fsp3) is 0.556. The van der Waals surface area contributed by atoms with Gasteiger partial charge in [-0.3, -0.25) is 0 Å². The molecule has 1 N–H and O–H groups in total. The van der Waals surface area contributed by atoms with Crippen LogP contribution >= 0.6 is 0 Å². The molecule has 0 saturated heterocycles. The molecule has 1 aromatic rings. The predicted molar refractivity (Wildman–Crippen MR) is 48.7 cm³/mol. The van der Waals surface area contributed by atoms with Crippen molar-refractivity contribution in [3.05, 3.63) is 24.3 Å². The molecule has 0 aliphatic heterocycles. The lowest BCUT2D eigenvalue weighted by Gasteiger charge is -2.15. The summed E-state index contributed by atoms with van der Waals surface area (Å²) in [7, 11) is 0. The van der Waals surface area contributed by atoms with E-state index in [9.17, 15) is 0 Å². The smallest absolute Gasteiger partial charge is 0.115 e. The SMILES string of the molecule is CC(C)NC(C)c1cncnc1. The standard InChI is InChI=1S/C9H15N3/c1-7(2)12-8(3)9-4-10-6-11-5-9/h4-8,12H,1-3H3. The molecule has 3 heteroatoms. The van der Waals surface area contributed by atoms with Crippen LogP contribution in [-0.4, -0.2) is 16.0 Å². The van der Waals surface area contributed by atoms with Crippen LogP contribution in [0.1, 0.15) is 32.4 Å². The van der Waals surface area contributed by atoms with E-state index in [0.717, 1.165) is 5.56 Å². The van der Waals surface area contributed by atoms with Crippen molar-refractivity contribution in [1.82, 2.24) is 15.3 Å². The van der Waals surface area contributed by atoms with Crippen LogP contribution in [0.15, 0.2) is 18.7 Å². The quantitative estimate of drug-likeness (QED) is 0.738. The van der Waals surface area contributed by atoms with Crippen molar-refractivity contribution in [2.45, 2.75) is 32.9 Å². The highest BCUT2D eigenvalue weighted by Gasteiger charge is 2.05. The third-order valence-electron chi connectivity index (χ3n) is 1.66. The molecule has 1 heterocycles. The van der Waals surface area contributed by atoms with Crippen LogP contribution < -0.4 is 5.32 Å². The second kappa shape index (κ2) is 4.16. The maximum absolute atomic E-state index is 3.96. The molecule has 66 valence electrons. The first-order valence-corrected chi connectivity index (χ1v) is 4.21. The lowest BCUT2D eigenvalue weighted by atomic mass is 10.1. The Hall–Kier alpha value is -0.960. The van der Waals surface area contributed by atoms with Crippen LogP contribution in [0.25, 0.3) is 0 Å². The highest BCUT2D eigenvalue weighted by molar-refractivity contribution is 5.07. The highest BCUT2D eigenvalue weighted by atomic mass is 14.9. The lowest BCUT2D eigenvalue weighted by Crippen LogP contribution is -2.26. The summed E-state index contributed by atoms with van der Waals surface area (Å²) in [6.07, 6.45) is 5.23. The number of nitrogens with zero attached hydrogens (tertiary/aromatic N) is 2. The number of rotatable bonds is 3. The first kappa shape index (κ1) is 9.13. The number of hydrogen-bond donors (Lipinski definition) is 1. The largest absolute Gasteiger partial charge is 0.308 e. The molecule has 0 aliphatic rings. The molecule has 1 atom stereocenters. The van der Waals surface area contributed by atoms with Gasteiger partial charge in [-0.05, 0) is 6.92 Å². The summed E-state index contributed by atoms with van der Waals surface area (Å²) in [6, 6.07) is 0.811. The molecule has 0 aliphatic carbocycles. The Labute approximate surface area is 73.2 Å². The molecule has 0 bridgehead atoms. The average molecular weight is 165 g/mol. The van der Waals surface area contributed by atoms with Crippen LogP contribution in [0.4, 0.5) is 0 Å². The van der Waals surface area contributed by atoms with E-state index >= 15 is 0 Å². The van der Waals surface area contributed by atoms with Gasteiger partial charge in [0.2, 0.25) is 0 Å². The molecule has 0 saturated carbocycles. The third kappa shape index (κ3) is 2.58. The summed E-state index contributed by atoms with van der Waals surface area (Å²) in [5.41, 5.74) is 1.13. The Morgan fingerprint density at radius 2 is 1.75 bits per heavy atom. The molecule has 0 spiro atoms. The summed E-state index contributed by atoms with van der Waals surface area (Å²) in [5.74, 6) is 0. The van der Waals surface area contributed by atoms with Crippen LogP contribution in [0.2, 0.25) is 0 Å². The first-order chi connectivity index (χ1) is 5.70. The predicted octanol–water partition coefficient (Wildman–Crippen LogP) is 1.54. The van der Waals surface area contributed by atoms with Crippen molar-refractivity contribution >= 4 is 0 Å². The minimum absolute atomic E-state index is 0.325. The van der Waals surface area contributed by atoms with Crippen LogP contribution in [0.3, 0.4) is 0 Å². The molecule has 1 aromatic heterocycles. The van der Waals surface area contributed by atoms with E-state index in [4.69, 9.17) is 0 Å². The van der Waals surface area contributed by atoms with E-state index in [2.05, 4.69) is 36.1 Å². The summed E-state index contributed by atoms with van der Waals surface area (Å²) in [5, 5.41) is 3.38. The van der Waals surface area contributed by atoms with Crippen molar-refractivity contribution in [3.8, 4) is 0 Å². The minimum atomic E-state index is 0.325. The molecule has 0 radical (unpaired) electrons. The van der Waals surface area contributed by atoms with Gasteiger partial charge in [0, 0.05) is 30.0 Å². The maximum atomic E-state index is 3.96. The topological polar surface area (TPSA) is 37.8 Å². The van der Waals surface area contributed by atoms with Crippen LogP contribution in [0.5, 0.6) is 0 Å². The van der Waals surface area contributed by atoms with E-state index in [-0.39, 0.29) is 0 Å². The Kier molecular flexibility index (Phi) is 3.17. The van der Waals surface area contributed by atoms with E-state index < -0.39 is 0 Å². The number of nitrogens with one attached hydrogen (secondary N) is 1. The Morgan fingerprint density at radius 3 is 2.25 bits per heavy atom. The van der Waals surface area contributed by atoms with Crippen molar-refractivity contribution in [2.24, 2.45) is 0 Å². The number of hydrogen-bond acceptors (Lipinski definition) is 3. The van der Waals surface area contributed by atoms with Crippen molar-refractivity contribution < 1.29 is 0 Å². The fourth-order valence-electron chi connectivity index (χ4n) is 1.13. The average Bonchev–Trinajstić information content (AvgIpc) is 2.05. The third-order valence-corrected chi connectivity index (χ3v) is 1.66. The van der Waals surface area contributed by atoms with Gasteiger partial charge < -0.3 is 5.32 Å². The molecule has 0 fully saturated rings. The van der Waals surface area contributed by atoms with Gasteiger partial charge in [0.1, 0.15) is 6.33 Å². The van der Waals surface area contributed by atoms with E-state index in [1.807, 2.05) is 12.4 Å². The van der Waals surface area contributed by atoms with E-state index in [0.29, 0.717) is 12.1 Å². The monoisotopic (exact) mass is 165 g/mol. The molecular formula is C9H15N3. The number of aromatic nitrogens is 2. The molecule has 0 aromatic carbocycles.